The predicted molar refractivity (Wildman–Crippen MR) is 73.6 cm³/mol. The van der Waals surface area contributed by atoms with Crippen LogP contribution in [0.1, 0.15) is 53.8 Å². The van der Waals surface area contributed by atoms with Crippen LogP contribution in [-0.2, 0) is 17.7 Å². The highest BCUT2D eigenvalue weighted by Gasteiger charge is 2.23. The van der Waals surface area contributed by atoms with Crippen LogP contribution in [0.4, 0.5) is 0 Å². The van der Waals surface area contributed by atoms with E-state index in [4.69, 9.17) is 9.26 Å². The predicted octanol–water partition coefficient (Wildman–Crippen LogP) is 1.74. The lowest BCUT2D eigenvalue weighted by atomic mass is 10.2. The van der Waals surface area contributed by atoms with E-state index >= 15 is 0 Å². The Hall–Kier alpha value is -2.15. The number of rotatable bonds is 5. The SMILES string of the molecule is CCc1ccc(C(=O)NCc2noc([C@H]3CCCO3)n2)[nH]1. The highest BCUT2D eigenvalue weighted by atomic mass is 16.5. The highest BCUT2D eigenvalue weighted by molar-refractivity contribution is 5.92. The van der Waals surface area contributed by atoms with E-state index in [2.05, 4.69) is 20.4 Å². The number of carbonyl (C=O) groups excluding carboxylic acids is 1. The summed E-state index contributed by atoms with van der Waals surface area (Å²) in [5.74, 6) is 0.763. The van der Waals surface area contributed by atoms with E-state index in [1.807, 2.05) is 13.0 Å². The molecule has 7 nitrogen and oxygen atoms in total. The number of ether oxygens (including phenoxy) is 1. The fourth-order valence-electron chi connectivity index (χ4n) is 2.28. The Labute approximate surface area is 122 Å². The molecule has 1 amide bonds. The van der Waals surface area contributed by atoms with Gasteiger partial charge in [-0.3, -0.25) is 4.79 Å². The average molecular weight is 290 g/mol. The van der Waals surface area contributed by atoms with E-state index in [9.17, 15) is 4.79 Å². The third-order valence-corrected chi connectivity index (χ3v) is 3.47. The van der Waals surface area contributed by atoms with Crippen molar-refractivity contribution in [2.45, 2.75) is 38.8 Å². The lowest BCUT2D eigenvalue weighted by Gasteiger charge is -2.01. The number of carbonyl (C=O) groups is 1. The van der Waals surface area contributed by atoms with Gasteiger partial charge in [0.25, 0.3) is 11.8 Å². The van der Waals surface area contributed by atoms with Crippen molar-refractivity contribution in [1.29, 1.82) is 0 Å². The van der Waals surface area contributed by atoms with Gasteiger partial charge in [0, 0.05) is 12.3 Å². The number of H-pyrrole nitrogens is 1. The Kier molecular flexibility index (Phi) is 4.01. The zero-order valence-corrected chi connectivity index (χ0v) is 11.9. The van der Waals surface area contributed by atoms with Crippen molar-refractivity contribution in [3.8, 4) is 0 Å². The molecule has 112 valence electrons. The lowest BCUT2D eigenvalue weighted by molar-refractivity contribution is 0.0835. The maximum Gasteiger partial charge on any atom is 0.268 e. The zero-order valence-electron chi connectivity index (χ0n) is 11.9. The Morgan fingerprint density at radius 3 is 3.14 bits per heavy atom. The molecule has 1 aliphatic heterocycles. The van der Waals surface area contributed by atoms with Gasteiger partial charge in [-0.05, 0) is 31.4 Å². The number of hydrogen-bond donors (Lipinski definition) is 2. The maximum absolute atomic E-state index is 12.0. The van der Waals surface area contributed by atoms with Crippen molar-refractivity contribution < 1.29 is 14.1 Å². The summed E-state index contributed by atoms with van der Waals surface area (Å²) in [5, 5.41) is 6.62. The quantitative estimate of drug-likeness (QED) is 0.875. The van der Waals surface area contributed by atoms with Crippen LogP contribution in [0.15, 0.2) is 16.7 Å². The number of nitrogens with zero attached hydrogens (tertiary/aromatic N) is 2. The number of nitrogens with one attached hydrogen (secondary N) is 2. The molecule has 3 heterocycles. The third-order valence-electron chi connectivity index (χ3n) is 3.47. The second-order valence-corrected chi connectivity index (χ2v) is 4.98. The minimum atomic E-state index is -0.182. The molecular formula is C14H18N4O3. The largest absolute Gasteiger partial charge is 0.368 e. The summed E-state index contributed by atoms with van der Waals surface area (Å²) in [6, 6.07) is 3.67. The summed E-state index contributed by atoms with van der Waals surface area (Å²) < 4.78 is 10.6. The molecule has 2 aromatic heterocycles. The zero-order chi connectivity index (χ0) is 14.7. The molecule has 2 N–H and O–H groups in total. The van der Waals surface area contributed by atoms with Gasteiger partial charge in [-0.1, -0.05) is 12.1 Å². The smallest absolute Gasteiger partial charge is 0.268 e. The van der Waals surface area contributed by atoms with Crippen molar-refractivity contribution in [1.82, 2.24) is 20.4 Å². The van der Waals surface area contributed by atoms with Crippen LogP contribution < -0.4 is 5.32 Å². The van der Waals surface area contributed by atoms with Crippen LogP contribution in [0.2, 0.25) is 0 Å². The van der Waals surface area contributed by atoms with Crippen LogP contribution in [-0.4, -0.2) is 27.6 Å². The summed E-state index contributed by atoms with van der Waals surface area (Å²) in [6.45, 7) is 2.99. The third kappa shape index (κ3) is 3.13. The standard InChI is InChI=1S/C14H18N4O3/c1-2-9-5-6-10(16-9)13(19)15-8-12-17-14(21-18-12)11-4-3-7-20-11/h5-6,11,16H,2-4,7-8H2,1H3,(H,15,19)/t11-/m1/s1. The maximum atomic E-state index is 12.0. The van der Waals surface area contributed by atoms with Crippen molar-refractivity contribution in [2.75, 3.05) is 6.61 Å². The Morgan fingerprint density at radius 1 is 1.52 bits per heavy atom. The number of aromatic nitrogens is 3. The van der Waals surface area contributed by atoms with Gasteiger partial charge in [0.15, 0.2) is 5.82 Å². The molecule has 1 fully saturated rings. The second kappa shape index (κ2) is 6.09. The molecule has 2 aromatic rings. The highest BCUT2D eigenvalue weighted by Crippen LogP contribution is 2.26. The summed E-state index contributed by atoms with van der Waals surface area (Å²) in [5.41, 5.74) is 1.56. The molecule has 1 atom stereocenters. The van der Waals surface area contributed by atoms with E-state index in [1.165, 1.54) is 0 Å². The summed E-state index contributed by atoms with van der Waals surface area (Å²) in [7, 11) is 0. The molecule has 0 saturated carbocycles. The second-order valence-electron chi connectivity index (χ2n) is 4.98. The first-order chi connectivity index (χ1) is 10.3. The van der Waals surface area contributed by atoms with Gasteiger partial charge in [0.05, 0.1) is 6.54 Å². The van der Waals surface area contributed by atoms with Crippen molar-refractivity contribution >= 4 is 5.91 Å². The number of hydrogen-bond acceptors (Lipinski definition) is 5. The molecule has 0 aliphatic carbocycles. The van der Waals surface area contributed by atoms with E-state index in [0.29, 0.717) is 17.4 Å². The van der Waals surface area contributed by atoms with Crippen molar-refractivity contribution in [2.24, 2.45) is 0 Å². The summed E-state index contributed by atoms with van der Waals surface area (Å²) >= 11 is 0. The van der Waals surface area contributed by atoms with E-state index < -0.39 is 0 Å². The Morgan fingerprint density at radius 2 is 2.43 bits per heavy atom. The fraction of sp³-hybridized carbons (Fsp3) is 0.500. The Balaban J connectivity index is 1.56. The van der Waals surface area contributed by atoms with Crippen LogP contribution in [0.5, 0.6) is 0 Å². The molecule has 1 saturated heterocycles. The van der Waals surface area contributed by atoms with Gasteiger partial charge in [0.2, 0.25) is 0 Å². The van der Waals surface area contributed by atoms with Gasteiger partial charge in [-0.15, -0.1) is 0 Å². The molecule has 21 heavy (non-hydrogen) atoms. The van der Waals surface area contributed by atoms with Crippen LogP contribution in [0, 0.1) is 0 Å². The van der Waals surface area contributed by atoms with Crippen molar-refractivity contribution in [3.05, 3.63) is 35.2 Å². The normalized spacial score (nSPS) is 18.0. The monoisotopic (exact) mass is 290 g/mol. The minimum Gasteiger partial charge on any atom is -0.368 e. The first kappa shape index (κ1) is 13.8. The van der Waals surface area contributed by atoms with E-state index in [1.54, 1.807) is 6.07 Å². The van der Waals surface area contributed by atoms with Gasteiger partial charge < -0.3 is 19.6 Å². The Bertz CT molecular complexity index is 613. The average Bonchev–Trinajstić information content (AvgIpc) is 3.24. The van der Waals surface area contributed by atoms with Crippen LogP contribution in [0.3, 0.4) is 0 Å². The topological polar surface area (TPSA) is 93.0 Å². The molecule has 0 radical (unpaired) electrons. The van der Waals surface area contributed by atoms with Gasteiger partial charge in [0.1, 0.15) is 11.8 Å². The fourth-order valence-corrected chi connectivity index (χ4v) is 2.28. The lowest BCUT2D eigenvalue weighted by Crippen LogP contribution is -2.23. The molecule has 0 spiro atoms. The van der Waals surface area contributed by atoms with E-state index in [-0.39, 0.29) is 18.6 Å². The van der Waals surface area contributed by atoms with Crippen LogP contribution >= 0.6 is 0 Å². The van der Waals surface area contributed by atoms with E-state index in [0.717, 1.165) is 31.6 Å². The molecule has 0 bridgehead atoms. The molecule has 0 aromatic carbocycles. The van der Waals surface area contributed by atoms with Gasteiger partial charge in [-0.2, -0.15) is 4.98 Å². The molecule has 3 rings (SSSR count). The summed E-state index contributed by atoms with van der Waals surface area (Å²) in [4.78, 5) is 19.3. The first-order valence-electron chi connectivity index (χ1n) is 7.16. The molecular weight excluding hydrogens is 272 g/mol. The molecule has 7 heteroatoms. The first-order valence-corrected chi connectivity index (χ1v) is 7.16. The molecule has 0 unspecified atom stereocenters. The molecule has 1 aliphatic rings. The van der Waals surface area contributed by atoms with Gasteiger partial charge >= 0.3 is 0 Å². The number of amides is 1. The number of aromatic amines is 1. The van der Waals surface area contributed by atoms with Crippen LogP contribution in [0.25, 0.3) is 0 Å². The van der Waals surface area contributed by atoms with Gasteiger partial charge in [-0.25, -0.2) is 0 Å². The minimum absolute atomic E-state index is 0.0996. The summed E-state index contributed by atoms with van der Waals surface area (Å²) in [6.07, 6.45) is 2.67. The van der Waals surface area contributed by atoms with Crippen molar-refractivity contribution in [3.63, 3.8) is 0 Å². The number of aryl methyl sites for hydroxylation is 1.